The topological polar surface area (TPSA) is 47.3 Å². The van der Waals surface area contributed by atoms with Gasteiger partial charge in [0, 0.05) is 11.1 Å². The van der Waals surface area contributed by atoms with Gasteiger partial charge in [-0.3, -0.25) is 11.3 Å². The van der Waals surface area contributed by atoms with Crippen LogP contribution in [0, 0.1) is 6.92 Å². The van der Waals surface area contributed by atoms with Crippen LogP contribution in [0.2, 0.25) is 5.02 Å². The van der Waals surface area contributed by atoms with Crippen LogP contribution in [0.3, 0.4) is 0 Å². The zero-order valence-corrected chi connectivity index (χ0v) is 12.9. The van der Waals surface area contributed by atoms with Gasteiger partial charge in [-0.15, -0.1) is 0 Å². The summed E-state index contributed by atoms with van der Waals surface area (Å²) in [6.07, 6.45) is 0.809. The van der Waals surface area contributed by atoms with Crippen LogP contribution in [-0.4, -0.2) is 12.6 Å². The molecule has 0 heterocycles. The molecular formula is C17H21ClN2O. The van der Waals surface area contributed by atoms with Crippen LogP contribution in [0.15, 0.2) is 48.5 Å². The Hall–Kier alpha value is -1.39. The summed E-state index contributed by atoms with van der Waals surface area (Å²) < 4.78 is 5.73. The Morgan fingerprint density at radius 1 is 1.14 bits per heavy atom. The first kappa shape index (κ1) is 16.0. The number of hydrogen-bond donors (Lipinski definition) is 2. The molecule has 4 heteroatoms. The lowest BCUT2D eigenvalue weighted by atomic mass is 10.0. The number of halogens is 1. The third-order valence-corrected chi connectivity index (χ3v) is 3.79. The Kier molecular flexibility index (Phi) is 6.21. The fourth-order valence-electron chi connectivity index (χ4n) is 2.18. The Bertz CT molecular complexity index is 560. The Labute approximate surface area is 131 Å². The molecule has 0 amide bonds. The fourth-order valence-corrected chi connectivity index (χ4v) is 2.30. The first-order valence-corrected chi connectivity index (χ1v) is 7.39. The molecule has 0 fully saturated rings. The molecule has 0 aromatic heterocycles. The summed E-state index contributed by atoms with van der Waals surface area (Å²) >= 11 is 6.04. The van der Waals surface area contributed by atoms with E-state index >= 15 is 0 Å². The van der Waals surface area contributed by atoms with E-state index in [9.17, 15) is 0 Å². The van der Waals surface area contributed by atoms with Gasteiger partial charge in [0.25, 0.3) is 0 Å². The minimum absolute atomic E-state index is 0.0780. The van der Waals surface area contributed by atoms with Gasteiger partial charge >= 0.3 is 0 Å². The highest BCUT2D eigenvalue weighted by Gasteiger charge is 2.09. The van der Waals surface area contributed by atoms with Crippen LogP contribution in [-0.2, 0) is 17.8 Å². The minimum atomic E-state index is 0.0780. The van der Waals surface area contributed by atoms with Gasteiger partial charge in [-0.25, -0.2) is 0 Å². The van der Waals surface area contributed by atoms with Gasteiger partial charge < -0.3 is 4.74 Å². The molecule has 0 radical (unpaired) electrons. The van der Waals surface area contributed by atoms with Crippen molar-refractivity contribution in [3.8, 4) is 0 Å². The zero-order valence-electron chi connectivity index (χ0n) is 12.2. The normalized spacial score (nSPS) is 12.3. The number of rotatable bonds is 7. The Morgan fingerprint density at radius 3 is 2.57 bits per heavy atom. The molecule has 21 heavy (non-hydrogen) atoms. The minimum Gasteiger partial charge on any atom is -0.375 e. The van der Waals surface area contributed by atoms with Crippen molar-refractivity contribution in [1.82, 2.24) is 5.43 Å². The predicted molar refractivity (Wildman–Crippen MR) is 87.1 cm³/mol. The van der Waals surface area contributed by atoms with Crippen molar-refractivity contribution in [3.63, 3.8) is 0 Å². The number of benzene rings is 2. The van der Waals surface area contributed by atoms with E-state index in [0.29, 0.717) is 13.2 Å². The molecule has 112 valence electrons. The SMILES string of the molecule is Cc1cc(CC(COCc2ccccc2)NN)ccc1Cl. The van der Waals surface area contributed by atoms with Gasteiger partial charge in [0.1, 0.15) is 0 Å². The second kappa shape index (κ2) is 8.15. The van der Waals surface area contributed by atoms with Crippen molar-refractivity contribution in [2.24, 2.45) is 5.84 Å². The predicted octanol–water partition coefficient (Wildman–Crippen LogP) is 3.24. The zero-order chi connectivity index (χ0) is 15.1. The summed E-state index contributed by atoms with van der Waals surface area (Å²) in [5.41, 5.74) is 6.25. The standard InChI is InChI=1S/C17H21ClN2O/c1-13-9-15(7-8-17(13)18)10-16(20-19)12-21-11-14-5-3-2-4-6-14/h2-9,16,20H,10-12,19H2,1H3. The van der Waals surface area contributed by atoms with Gasteiger partial charge in [0.2, 0.25) is 0 Å². The maximum atomic E-state index is 6.04. The lowest BCUT2D eigenvalue weighted by molar-refractivity contribution is 0.0986. The molecule has 0 saturated heterocycles. The highest BCUT2D eigenvalue weighted by molar-refractivity contribution is 6.31. The summed E-state index contributed by atoms with van der Waals surface area (Å²) in [6.45, 7) is 3.16. The van der Waals surface area contributed by atoms with Crippen LogP contribution in [0.1, 0.15) is 16.7 Å². The van der Waals surface area contributed by atoms with E-state index in [1.54, 1.807) is 0 Å². The number of nitrogens with one attached hydrogen (secondary N) is 1. The van der Waals surface area contributed by atoms with Gasteiger partial charge in [0.05, 0.1) is 13.2 Å². The number of hydrogen-bond acceptors (Lipinski definition) is 3. The fraction of sp³-hybridized carbons (Fsp3) is 0.294. The first-order chi connectivity index (χ1) is 10.2. The van der Waals surface area contributed by atoms with E-state index in [-0.39, 0.29) is 6.04 Å². The highest BCUT2D eigenvalue weighted by atomic mass is 35.5. The number of hydrazine groups is 1. The third-order valence-electron chi connectivity index (χ3n) is 3.37. The summed E-state index contributed by atoms with van der Waals surface area (Å²) in [4.78, 5) is 0. The summed E-state index contributed by atoms with van der Waals surface area (Å²) in [5, 5.41) is 0.788. The van der Waals surface area contributed by atoms with Gasteiger partial charge in [0.15, 0.2) is 0 Å². The molecule has 0 aliphatic heterocycles. The van der Waals surface area contributed by atoms with Crippen molar-refractivity contribution in [1.29, 1.82) is 0 Å². The van der Waals surface area contributed by atoms with Crippen molar-refractivity contribution in [2.45, 2.75) is 26.0 Å². The van der Waals surface area contributed by atoms with E-state index in [1.165, 1.54) is 5.56 Å². The lowest BCUT2D eigenvalue weighted by Crippen LogP contribution is -2.40. The Morgan fingerprint density at radius 2 is 1.90 bits per heavy atom. The third kappa shape index (κ3) is 5.14. The molecular weight excluding hydrogens is 284 g/mol. The van der Waals surface area contributed by atoms with Crippen molar-refractivity contribution in [3.05, 3.63) is 70.2 Å². The molecule has 3 nitrogen and oxygen atoms in total. The van der Waals surface area contributed by atoms with Crippen LogP contribution in [0.25, 0.3) is 0 Å². The molecule has 2 aromatic carbocycles. The molecule has 1 atom stereocenters. The van der Waals surface area contributed by atoms with Crippen molar-refractivity contribution >= 4 is 11.6 Å². The molecule has 0 saturated carbocycles. The van der Waals surface area contributed by atoms with Gasteiger partial charge in [-0.2, -0.15) is 0 Å². The lowest BCUT2D eigenvalue weighted by Gasteiger charge is -2.16. The molecule has 0 aliphatic rings. The van der Waals surface area contributed by atoms with E-state index in [1.807, 2.05) is 49.4 Å². The largest absolute Gasteiger partial charge is 0.375 e. The van der Waals surface area contributed by atoms with Crippen LogP contribution in [0.4, 0.5) is 0 Å². The maximum Gasteiger partial charge on any atom is 0.0717 e. The molecule has 1 unspecified atom stereocenters. The van der Waals surface area contributed by atoms with E-state index < -0.39 is 0 Å². The van der Waals surface area contributed by atoms with E-state index in [4.69, 9.17) is 22.2 Å². The second-order valence-corrected chi connectivity index (χ2v) is 5.56. The quantitative estimate of drug-likeness (QED) is 0.610. The van der Waals surface area contributed by atoms with E-state index in [0.717, 1.165) is 22.6 Å². The van der Waals surface area contributed by atoms with Crippen molar-refractivity contribution < 1.29 is 4.74 Å². The monoisotopic (exact) mass is 304 g/mol. The van der Waals surface area contributed by atoms with Gasteiger partial charge in [-0.05, 0) is 36.1 Å². The summed E-state index contributed by atoms with van der Waals surface area (Å²) in [6, 6.07) is 16.2. The molecule has 2 rings (SSSR count). The molecule has 3 N–H and O–H groups in total. The highest BCUT2D eigenvalue weighted by Crippen LogP contribution is 2.17. The molecule has 2 aromatic rings. The average molecular weight is 305 g/mol. The number of ether oxygens (including phenoxy) is 1. The molecule has 0 spiro atoms. The Balaban J connectivity index is 1.84. The van der Waals surface area contributed by atoms with E-state index in [2.05, 4.69) is 11.5 Å². The molecule has 0 bridgehead atoms. The van der Waals surface area contributed by atoms with Crippen LogP contribution >= 0.6 is 11.6 Å². The van der Waals surface area contributed by atoms with Crippen molar-refractivity contribution in [2.75, 3.05) is 6.61 Å². The smallest absolute Gasteiger partial charge is 0.0717 e. The van der Waals surface area contributed by atoms with Gasteiger partial charge in [-0.1, -0.05) is 54.1 Å². The molecule has 0 aliphatic carbocycles. The summed E-state index contributed by atoms with van der Waals surface area (Å²) in [5.74, 6) is 5.61. The number of aryl methyl sites for hydroxylation is 1. The second-order valence-electron chi connectivity index (χ2n) is 5.15. The maximum absolute atomic E-state index is 6.04. The van der Waals surface area contributed by atoms with Crippen LogP contribution < -0.4 is 11.3 Å². The first-order valence-electron chi connectivity index (χ1n) is 7.02. The average Bonchev–Trinajstić information content (AvgIpc) is 2.51. The summed E-state index contributed by atoms with van der Waals surface area (Å²) in [7, 11) is 0. The van der Waals surface area contributed by atoms with Crippen LogP contribution in [0.5, 0.6) is 0 Å². The number of nitrogens with two attached hydrogens (primary N) is 1.